The number of carbonyl (C=O) groups is 2. The van der Waals surface area contributed by atoms with Crippen molar-refractivity contribution in [2.75, 3.05) is 51.9 Å². The molecule has 2 amide bonds. The van der Waals surface area contributed by atoms with Crippen molar-refractivity contribution in [3.63, 3.8) is 0 Å². The summed E-state index contributed by atoms with van der Waals surface area (Å²) in [7, 11) is 7.35. The van der Waals surface area contributed by atoms with E-state index >= 15 is 0 Å². The first kappa shape index (κ1) is 16.1. The molecule has 0 saturated heterocycles. The van der Waals surface area contributed by atoms with Gasteiger partial charge in [-0.1, -0.05) is 0 Å². The number of amides is 2. The third kappa shape index (κ3) is 6.31. The lowest BCUT2D eigenvalue weighted by atomic mass is 10.2. The van der Waals surface area contributed by atoms with E-state index in [9.17, 15) is 9.59 Å². The lowest BCUT2D eigenvalue weighted by Gasteiger charge is -2.12. The zero-order valence-corrected chi connectivity index (χ0v) is 12.4. The van der Waals surface area contributed by atoms with Crippen LogP contribution in [0.3, 0.4) is 0 Å². The molecule has 1 aromatic carbocycles. The van der Waals surface area contributed by atoms with Gasteiger partial charge in [-0.2, -0.15) is 0 Å². The van der Waals surface area contributed by atoms with Crippen LogP contribution >= 0.6 is 0 Å². The second kappa shape index (κ2) is 7.62. The molecule has 2 N–H and O–H groups in total. The van der Waals surface area contributed by atoms with E-state index in [-0.39, 0.29) is 11.8 Å². The maximum atomic E-state index is 11.6. The first-order chi connectivity index (χ1) is 9.36. The summed E-state index contributed by atoms with van der Waals surface area (Å²) in [5.41, 5.74) is 1.42. The van der Waals surface area contributed by atoms with Crippen LogP contribution in [0.25, 0.3) is 0 Å². The van der Waals surface area contributed by atoms with Crippen LogP contribution in [0.5, 0.6) is 0 Å². The van der Waals surface area contributed by atoms with Crippen molar-refractivity contribution in [3.05, 3.63) is 24.3 Å². The minimum atomic E-state index is -0.0700. The lowest BCUT2D eigenvalue weighted by Crippen LogP contribution is -2.27. The largest absolute Gasteiger partial charge is 0.325 e. The van der Waals surface area contributed by atoms with Crippen LogP contribution in [0.2, 0.25) is 0 Å². The molecule has 0 heterocycles. The van der Waals surface area contributed by atoms with Gasteiger partial charge < -0.3 is 20.4 Å². The number of nitrogens with one attached hydrogen (secondary N) is 2. The van der Waals surface area contributed by atoms with Crippen molar-refractivity contribution in [1.29, 1.82) is 0 Å². The molecular weight excluding hydrogens is 256 g/mol. The highest BCUT2D eigenvalue weighted by Gasteiger charge is 2.05. The third-order valence-corrected chi connectivity index (χ3v) is 2.37. The summed E-state index contributed by atoms with van der Waals surface area (Å²) in [5.74, 6) is -0.140. The standard InChI is InChI=1S/C14H22N4O2/c1-17(2)9-13(19)15-11-5-7-12(8-6-11)16-14(20)10-18(3)4/h5-8H,9-10H2,1-4H3,(H,15,19)(H,16,20). The molecule has 0 fully saturated rings. The Kier molecular flexibility index (Phi) is 6.14. The Morgan fingerprint density at radius 3 is 1.35 bits per heavy atom. The summed E-state index contributed by atoms with van der Waals surface area (Å²) in [5, 5.41) is 5.57. The number of benzene rings is 1. The van der Waals surface area contributed by atoms with Gasteiger partial charge in [0.05, 0.1) is 13.1 Å². The van der Waals surface area contributed by atoms with E-state index in [0.717, 1.165) is 0 Å². The van der Waals surface area contributed by atoms with Gasteiger partial charge in [0.15, 0.2) is 0 Å². The van der Waals surface area contributed by atoms with Crippen molar-refractivity contribution in [3.8, 4) is 0 Å². The topological polar surface area (TPSA) is 64.7 Å². The van der Waals surface area contributed by atoms with Crippen LogP contribution in [-0.2, 0) is 9.59 Å². The lowest BCUT2D eigenvalue weighted by molar-refractivity contribution is -0.117. The molecule has 0 unspecified atom stereocenters. The molecule has 0 saturated carbocycles. The van der Waals surface area contributed by atoms with Gasteiger partial charge in [-0.25, -0.2) is 0 Å². The van der Waals surface area contributed by atoms with E-state index in [0.29, 0.717) is 24.5 Å². The molecule has 110 valence electrons. The number of rotatable bonds is 6. The number of carbonyl (C=O) groups excluding carboxylic acids is 2. The second-order valence-electron chi connectivity index (χ2n) is 5.15. The fraction of sp³-hybridized carbons (Fsp3) is 0.429. The van der Waals surface area contributed by atoms with Crippen LogP contribution < -0.4 is 10.6 Å². The molecule has 6 nitrogen and oxygen atoms in total. The van der Waals surface area contributed by atoms with Gasteiger partial charge in [-0.05, 0) is 52.5 Å². The fourth-order valence-electron chi connectivity index (χ4n) is 1.61. The van der Waals surface area contributed by atoms with E-state index in [1.165, 1.54) is 0 Å². The Bertz CT molecular complexity index is 412. The summed E-state index contributed by atoms with van der Waals surface area (Å²) in [6.45, 7) is 0.669. The Morgan fingerprint density at radius 2 is 1.10 bits per heavy atom. The van der Waals surface area contributed by atoms with E-state index < -0.39 is 0 Å². The minimum absolute atomic E-state index is 0.0700. The van der Waals surface area contributed by atoms with Crippen LogP contribution in [0, 0.1) is 0 Å². The molecule has 0 spiro atoms. The first-order valence-corrected chi connectivity index (χ1v) is 6.36. The Hall–Kier alpha value is -1.92. The maximum absolute atomic E-state index is 11.6. The van der Waals surface area contributed by atoms with Gasteiger partial charge in [-0.3, -0.25) is 9.59 Å². The molecule has 0 aromatic heterocycles. The van der Waals surface area contributed by atoms with E-state index in [1.807, 2.05) is 28.2 Å². The molecule has 0 aliphatic carbocycles. The predicted octanol–water partition coefficient (Wildman–Crippen LogP) is 0.687. The molecule has 0 atom stereocenters. The summed E-state index contributed by atoms with van der Waals surface area (Å²) in [4.78, 5) is 26.8. The first-order valence-electron chi connectivity index (χ1n) is 6.36. The quantitative estimate of drug-likeness (QED) is 0.803. The number of hydrogen-bond acceptors (Lipinski definition) is 4. The molecule has 0 bridgehead atoms. The van der Waals surface area contributed by atoms with Crippen molar-refractivity contribution in [2.45, 2.75) is 0 Å². The van der Waals surface area contributed by atoms with Crippen LogP contribution in [0.4, 0.5) is 11.4 Å². The molecule has 6 heteroatoms. The summed E-state index contributed by atoms with van der Waals surface area (Å²) in [6, 6.07) is 7.05. The van der Waals surface area contributed by atoms with Gasteiger partial charge in [0.25, 0.3) is 0 Å². The summed E-state index contributed by atoms with van der Waals surface area (Å²) in [6.07, 6.45) is 0. The number of hydrogen-bond donors (Lipinski definition) is 2. The van der Waals surface area contributed by atoms with Crippen LogP contribution in [-0.4, -0.2) is 62.9 Å². The SMILES string of the molecule is CN(C)CC(=O)Nc1ccc(NC(=O)CN(C)C)cc1. The average Bonchev–Trinajstić information content (AvgIpc) is 2.29. The van der Waals surface area contributed by atoms with Crippen molar-refractivity contribution < 1.29 is 9.59 Å². The number of likely N-dealkylation sites (N-methyl/N-ethyl adjacent to an activating group) is 2. The molecule has 0 aliphatic heterocycles. The van der Waals surface area contributed by atoms with Crippen LogP contribution in [0.15, 0.2) is 24.3 Å². The highest BCUT2D eigenvalue weighted by atomic mass is 16.2. The summed E-state index contributed by atoms with van der Waals surface area (Å²) >= 11 is 0. The van der Waals surface area contributed by atoms with Crippen molar-refractivity contribution >= 4 is 23.2 Å². The van der Waals surface area contributed by atoms with Gasteiger partial charge >= 0.3 is 0 Å². The average molecular weight is 278 g/mol. The van der Waals surface area contributed by atoms with Gasteiger partial charge in [0.1, 0.15) is 0 Å². The number of nitrogens with zero attached hydrogens (tertiary/aromatic N) is 2. The van der Waals surface area contributed by atoms with E-state index in [1.54, 1.807) is 34.1 Å². The van der Waals surface area contributed by atoms with Crippen molar-refractivity contribution in [1.82, 2.24) is 9.80 Å². The monoisotopic (exact) mass is 278 g/mol. The molecule has 0 aliphatic rings. The normalized spacial score (nSPS) is 10.7. The molecule has 20 heavy (non-hydrogen) atoms. The Labute approximate surface area is 119 Å². The van der Waals surface area contributed by atoms with Crippen LogP contribution in [0.1, 0.15) is 0 Å². The smallest absolute Gasteiger partial charge is 0.238 e. The Morgan fingerprint density at radius 1 is 0.800 bits per heavy atom. The van der Waals surface area contributed by atoms with Crippen molar-refractivity contribution in [2.24, 2.45) is 0 Å². The highest BCUT2D eigenvalue weighted by molar-refractivity contribution is 5.94. The molecule has 1 aromatic rings. The van der Waals surface area contributed by atoms with Gasteiger partial charge in [0, 0.05) is 11.4 Å². The fourth-order valence-corrected chi connectivity index (χ4v) is 1.61. The third-order valence-electron chi connectivity index (χ3n) is 2.37. The molecule has 1 rings (SSSR count). The second-order valence-corrected chi connectivity index (χ2v) is 5.15. The van der Waals surface area contributed by atoms with Gasteiger partial charge in [0.2, 0.25) is 11.8 Å². The highest BCUT2D eigenvalue weighted by Crippen LogP contribution is 2.13. The maximum Gasteiger partial charge on any atom is 0.238 e. The number of anilines is 2. The summed E-state index contributed by atoms with van der Waals surface area (Å²) < 4.78 is 0. The zero-order valence-electron chi connectivity index (χ0n) is 12.4. The van der Waals surface area contributed by atoms with E-state index in [2.05, 4.69) is 10.6 Å². The van der Waals surface area contributed by atoms with Gasteiger partial charge in [-0.15, -0.1) is 0 Å². The Balaban J connectivity index is 2.52. The minimum Gasteiger partial charge on any atom is -0.325 e. The van der Waals surface area contributed by atoms with E-state index in [4.69, 9.17) is 0 Å². The molecular formula is C14H22N4O2. The predicted molar refractivity (Wildman–Crippen MR) is 80.8 cm³/mol. The molecule has 0 radical (unpaired) electrons. The zero-order chi connectivity index (χ0) is 15.1.